The Morgan fingerprint density at radius 2 is 2.00 bits per heavy atom. The number of hydrogen-bond acceptors (Lipinski definition) is 2. The Balaban J connectivity index is 1.84. The van der Waals surface area contributed by atoms with Crippen LogP contribution in [-0.2, 0) is 0 Å². The number of rotatable bonds is 3. The van der Waals surface area contributed by atoms with E-state index in [0.717, 1.165) is 32.1 Å². The summed E-state index contributed by atoms with van der Waals surface area (Å²) in [7, 11) is 0. The van der Waals surface area contributed by atoms with Crippen LogP contribution in [0.1, 0.15) is 45.4 Å². The molecule has 2 nitrogen and oxygen atoms in total. The van der Waals surface area contributed by atoms with Gasteiger partial charge in [-0.3, -0.25) is 4.90 Å². The van der Waals surface area contributed by atoms with Gasteiger partial charge < -0.3 is 0 Å². The second kappa shape index (κ2) is 4.71. The van der Waals surface area contributed by atoms with Crippen molar-refractivity contribution in [2.24, 2.45) is 5.41 Å². The molecule has 90 valence electrons. The summed E-state index contributed by atoms with van der Waals surface area (Å²) < 4.78 is 12.8. The van der Waals surface area contributed by atoms with Crippen molar-refractivity contribution < 1.29 is 4.39 Å². The summed E-state index contributed by atoms with van der Waals surface area (Å²) in [4.78, 5) is 2.27. The lowest BCUT2D eigenvalue weighted by molar-refractivity contribution is -0.00491. The molecule has 2 rings (SSSR count). The molecule has 0 bridgehead atoms. The fourth-order valence-electron chi connectivity index (χ4n) is 3.16. The van der Waals surface area contributed by atoms with Gasteiger partial charge in [-0.15, -0.1) is 0 Å². The predicted molar refractivity (Wildman–Crippen MR) is 61.7 cm³/mol. The minimum absolute atomic E-state index is 0.269. The Hall–Kier alpha value is -0.620. The summed E-state index contributed by atoms with van der Waals surface area (Å²) in [6, 6.07) is 2.92. The first-order chi connectivity index (χ1) is 7.69. The molecule has 1 aliphatic heterocycles. The zero-order valence-electron chi connectivity index (χ0n) is 10.1. The van der Waals surface area contributed by atoms with Gasteiger partial charge in [0.25, 0.3) is 0 Å². The van der Waals surface area contributed by atoms with Gasteiger partial charge in [0.05, 0.1) is 6.07 Å². The maximum atomic E-state index is 12.8. The van der Waals surface area contributed by atoms with Crippen molar-refractivity contribution in [2.45, 2.75) is 57.7 Å². The SMILES string of the molecule is CC[C@]1(CC#N)CC[C@@H](N2CC(F)C2)CC1. The summed E-state index contributed by atoms with van der Waals surface area (Å²) in [5.41, 5.74) is 0.269. The molecule has 0 amide bonds. The number of likely N-dealkylation sites (tertiary alicyclic amines) is 1. The fraction of sp³-hybridized carbons (Fsp3) is 0.923. The molecule has 0 aromatic carbocycles. The quantitative estimate of drug-likeness (QED) is 0.737. The summed E-state index contributed by atoms with van der Waals surface area (Å²) >= 11 is 0. The monoisotopic (exact) mass is 224 g/mol. The Kier molecular flexibility index (Phi) is 3.49. The highest BCUT2D eigenvalue weighted by Gasteiger charge is 2.39. The van der Waals surface area contributed by atoms with Crippen LogP contribution in [0, 0.1) is 16.7 Å². The Morgan fingerprint density at radius 3 is 2.44 bits per heavy atom. The summed E-state index contributed by atoms with van der Waals surface area (Å²) in [6.45, 7) is 3.48. The smallest absolute Gasteiger partial charge is 0.125 e. The maximum absolute atomic E-state index is 12.8. The Labute approximate surface area is 97.4 Å². The lowest BCUT2D eigenvalue weighted by Crippen LogP contribution is -2.54. The van der Waals surface area contributed by atoms with Gasteiger partial charge in [0, 0.05) is 25.6 Å². The van der Waals surface area contributed by atoms with Gasteiger partial charge in [0.15, 0.2) is 0 Å². The molecule has 1 saturated heterocycles. The van der Waals surface area contributed by atoms with Crippen molar-refractivity contribution in [1.29, 1.82) is 5.26 Å². The van der Waals surface area contributed by atoms with E-state index in [9.17, 15) is 4.39 Å². The van der Waals surface area contributed by atoms with Gasteiger partial charge in [0.2, 0.25) is 0 Å². The van der Waals surface area contributed by atoms with Crippen molar-refractivity contribution in [1.82, 2.24) is 4.90 Å². The highest BCUT2D eigenvalue weighted by Crippen LogP contribution is 2.43. The number of nitrogens with zero attached hydrogens (tertiary/aromatic N) is 2. The van der Waals surface area contributed by atoms with Crippen LogP contribution in [0.4, 0.5) is 4.39 Å². The highest BCUT2D eigenvalue weighted by atomic mass is 19.1. The van der Waals surface area contributed by atoms with Crippen LogP contribution < -0.4 is 0 Å². The fourth-order valence-corrected chi connectivity index (χ4v) is 3.16. The van der Waals surface area contributed by atoms with Crippen LogP contribution in [0.25, 0.3) is 0 Å². The van der Waals surface area contributed by atoms with E-state index in [-0.39, 0.29) is 5.41 Å². The molecular weight excluding hydrogens is 203 g/mol. The van der Waals surface area contributed by atoms with Crippen LogP contribution in [0.3, 0.4) is 0 Å². The molecule has 0 N–H and O–H groups in total. The first kappa shape index (κ1) is 11.9. The second-order valence-corrected chi connectivity index (χ2v) is 5.47. The molecule has 1 aliphatic carbocycles. The van der Waals surface area contributed by atoms with Crippen LogP contribution in [-0.4, -0.2) is 30.2 Å². The zero-order chi connectivity index (χ0) is 11.6. The normalized spacial score (nSPS) is 36.7. The second-order valence-electron chi connectivity index (χ2n) is 5.47. The largest absolute Gasteiger partial charge is 0.295 e. The Morgan fingerprint density at radius 1 is 1.38 bits per heavy atom. The lowest BCUT2D eigenvalue weighted by Gasteiger charge is -2.46. The third-order valence-electron chi connectivity index (χ3n) is 4.60. The van der Waals surface area contributed by atoms with Crippen molar-refractivity contribution in [3.8, 4) is 6.07 Å². The van der Waals surface area contributed by atoms with Gasteiger partial charge in [-0.05, 0) is 37.5 Å². The van der Waals surface area contributed by atoms with E-state index in [4.69, 9.17) is 5.26 Å². The van der Waals surface area contributed by atoms with Gasteiger partial charge in [0.1, 0.15) is 6.17 Å². The van der Waals surface area contributed by atoms with Gasteiger partial charge in [-0.25, -0.2) is 4.39 Å². The van der Waals surface area contributed by atoms with Crippen molar-refractivity contribution >= 4 is 0 Å². The third-order valence-corrected chi connectivity index (χ3v) is 4.60. The molecule has 0 unspecified atom stereocenters. The molecule has 0 atom stereocenters. The van der Waals surface area contributed by atoms with Crippen molar-refractivity contribution in [3.05, 3.63) is 0 Å². The molecule has 2 aliphatic rings. The zero-order valence-corrected chi connectivity index (χ0v) is 10.1. The van der Waals surface area contributed by atoms with Gasteiger partial charge in [-0.2, -0.15) is 5.26 Å². The molecule has 1 heterocycles. The molecule has 0 spiro atoms. The summed E-state index contributed by atoms with van der Waals surface area (Å²) in [5.74, 6) is 0. The van der Waals surface area contributed by atoms with Crippen LogP contribution in [0.2, 0.25) is 0 Å². The van der Waals surface area contributed by atoms with E-state index in [1.807, 2.05) is 0 Å². The van der Waals surface area contributed by atoms with E-state index in [2.05, 4.69) is 17.9 Å². The van der Waals surface area contributed by atoms with Crippen LogP contribution >= 0.6 is 0 Å². The average Bonchev–Trinajstić information content (AvgIpc) is 2.27. The molecule has 2 fully saturated rings. The average molecular weight is 224 g/mol. The van der Waals surface area contributed by atoms with Crippen LogP contribution in [0.15, 0.2) is 0 Å². The molecule has 0 aromatic heterocycles. The highest BCUT2D eigenvalue weighted by molar-refractivity contribution is 4.96. The molecule has 16 heavy (non-hydrogen) atoms. The van der Waals surface area contributed by atoms with Crippen molar-refractivity contribution in [3.63, 3.8) is 0 Å². The van der Waals surface area contributed by atoms with Crippen molar-refractivity contribution in [2.75, 3.05) is 13.1 Å². The number of nitriles is 1. The third kappa shape index (κ3) is 2.22. The Bertz CT molecular complexity index is 270. The van der Waals surface area contributed by atoms with E-state index in [1.54, 1.807) is 0 Å². The minimum Gasteiger partial charge on any atom is -0.295 e. The van der Waals surface area contributed by atoms with Gasteiger partial charge >= 0.3 is 0 Å². The predicted octanol–water partition coefficient (Wildman–Crippen LogP) is 2.89. The number of hydrogen-bond donors (Lipinski definition) is 0. The van der Waals surface area contributed by atoms with E-state index in [1.165, 1.54) is 0 Å². The van der Waals surface area contributed by atoms with Gasteiger partial charge in [-0.1, -0.05) is 6.92 Å². The number of alkyl halides is 1. The topological polar surface area (TPSA) is 27.0 Å². The maximum Gasteiger partial charge on any atom is 0.125 e. The van der Waals surface area contributed by atoms with Crippen LogP contribution in [0.5, 0.6) is 0 Å². The molecular formula is C13H21FN2. The minimum atomic E-state index is -0.586. The molecule has 0 aromatic rings. The number of halogens is 1. The standard InChI is InChI=1S/C13H21FN2/c1-2-13(7-8-15)5-3-12(4-6-13)16-9-11(14)10-16/h11-12H,2-7,9-10H2,1H3/t12-,13+. The molecule has 3 heteroatoms. The first-order valence-corrected chi connectivity index (χ1v) is 6.44. The molecule has 0 radical (unpaired) electrons. The van der Waals surface area contributed by atoms with E-state index < -0.39 is 6.17 Å². The van der Waals surface area contributed by atoms with E-state index >= 15 is 0 Å². The van der Waals surface area contributed by atoms with E-state index in [0.29, 0.717) is 25.6 Å². The summed E-state index contributed by atoms with van der Waals surface area (Å²) in [6.07, 6.45) is 5.83. The summed E-state index contributed by atoms with van der Waals surface area (Å²) in [5, 5.41) is 8.87. The molecule has 1 saturated carbocycles. The lowest BCUT2D eigenvalue weighted by atomic mass is 9.68. The first-order valence-electron chi connectivity index (χ1n) is 6.44.